The second kappa shape index (κ2) is 8.23. The number of carbonyl (C=O) groups is 1. The third-order valence-corrected chi connectivity index (χ3v) is 7.34. The van der Waals surface area contributed by atoms with E-state index in [2.05, 4.69) is 14.5 Å². The zero-order valence-corrected chi connectivity index (χ0v) is 20.1. The molecule has 0 spiro atoms. The number of nitrogens with two attached hydrogens (primary N) is 1. The van der Waals surface area contributed by atoms with Crippen LogP contribution in [0.1, 0.15) is 39.5 Å². The van der Waals surface area contributed by atoms with Crippen molar-refractivity contribution in [1.82, 2.24) is 19.1 Å². The van der Waals surface area contributed by atoms with E-state index in [9.17, 15) is 18.0 Å². The molecule has 1 aliphatic rings. The van der Waals surface area contributed by atoms with Gasteiger partial charge in [-0.1, -0.05) is 6.07 Å². The summed E-state index contributed by atoms with van der Waals surface area (Å²) in [6.45, 7) is 0. The Labute approximate surface area is 211 Å². The molecule has 1 aliphatic carbocycles. The lowest BCUT2D eigenvalue weighted by Crippen LogP contribution is -2.34. The van der Waals surface area contributed by atoms with Gasteiger partial charge in [-0.2, -0.15) is 22.6 Å². The molecule has 0 aliphatic heterocycles. The smallest absolute Gasteiger partial charge is 0.383 e. The fourth-order valence-electron chi connectivity index (χ4n) is 5.07. The van der Waals surface area contributed by atoms with Crippen LogP contribution in [0.4, 0.5) is 29.1 Å². The van der Waals surface area contributed by atoms with Gasteiger partial charge in [-0.3, -0.25) is 14.4 Å². The Balaban J connectivity index is 1.49. The summed E-state index contributed by atoms with van der Waals surface area (Å²) >= 11 is 1.12. The number of halogens is 4. The highest BCUT2D eigenvalue weighted by molar-refractivity contribution is 7.04. The summed E-state index contributed by atoms with van der Waals surface area (Å²) in [5.74, 6) is -1.23. The van der Waals surface area contributed by atoms with Gasteiger partial charge in [-0.05, 0) is 53.7 Å². The quantitative estimate of drug-likeness (QED) is 0.307. The Kier molecular flexibility index (Phi) is 5.19. The minimum absolute atomic E-state index is 0.195. The van der Waals surface area contributed by atoms with Gasteiger partial charge in [0.1, 0.15) is 11.6 Å². The number of pyridine rings is 1. The highest BCUT2D eigenvalue weighted by Gasteiger charge is 2.37. The molecule has 1 amide bonds. The van der Waals surface area contributed by atoms with Crippen molar-refractivity contribution in [3.63, 3.8) is 0 Å². The molecule has 3 heterocycles. The van der Waals surface area contributed by atoms with Gasteiger partial charge in [0.2, 0.25) is 0 Å². The van der Waals surface area contributed by atoms with Crippen LogP contribution in [-0.4, -0.2) is 25.0 Å². The number of anilines is 2. The standard InChI is InChI=1S/C25H18F4N6OS/c1-34-22-17-7-16(19(26)8-20(17)33-23(30)18(22)10-31-34)24(36)35(14-9-32-37-11-14)21-5-2-12-6-13(25(27,28)29)3-4-15(12)21/h3-4,6-11,21H,2,5H2,1H3,(H2,30,33)/t21-/m1/s1. The number of nitrogen functional groups attached to an aromatic ring is 1. The fraction of sp³-hybridized carbons (Fsp3) is 0.200. The lowest BCUT2D eigenvalue weighted by Gasteiger charge is -2.29. The third kappa shape index (κ3) is 3.70. The number of fused-ring (bicyclic) bond motifs is 4. The molecule has 1 atom stereocenters. The summed E-state index contributed by atoms with van der Waals surface area (Å²) in [5, 5.41) is 6.94. The lowest BCUT2D eigenvalue weighted by atomic mass is 10.0. The monoisotopic (exact) mass is 526 g/mol. The van der Waals surface area contributed by atoms with E-state index in [0.717, 1.165) is 29.7 Å². The summed E-state index contributed by atoms with van der Waals surface area (Å²) < 4.78 is 60.9. The Morgan fingerprint density at radius 1 is 1.19 bits per heavy atom. The van der Waals surface area contributed by atoms with E-state index >= 15 is 4.39 Å². The molecule has 0 unspecified atom stereocenters. The van der Waals surface area contributed by atoms with Gasteiger partial charge in [0.15, 0.2) is 0 Å². The number of nitrogens with zero attached hydrogens (tertiary/aromatic N) is 5. The Morgan fingerprint density at radius 3 is 2.73 bits per heavy atom. The number of amides is 1. The van der Waals surface area contributed by atoms with E-state index in [-0.39, 0.29) is 16.9 Å². The predicted octanol–water partition coefficient (Wildman–Crippen LogP) is 5.65. The summed E-state index contributed by atoms with van der Waals surface area (Å²) in [5.41, 5.74) is 7.50. The molecule has 6 rings (SSSR count). The third-order valence-electron chi connectivity index (χ3n) is 6.77. The van der Waals surface area contributed by atoms with Crippen molar-refractivity contribution in [2.75, 3.05) is 10.6 Å². The van der Waals surface area contributed by atoms with Gasteiger partial charge >= 0.3 is 6.18 Å². The van der Waals surface area contributed by atoms with E-state index in [0.29, 0.717) is 45.9 Å². The van der Waals surface area contributed by atoms with Crippen molar-refractivity contribution in [3.05, 3.63) is 76.2 Å². The van der Waals surface area contributed by atoms with Crippen LogP contribution >= 0.6 is 11.5 Å². The summed E-state index contributed by atoms with van der Waals surface area (Å²) in [7, 11) is 1.71. The van der Waals surface area contributed by atoms with E-state index in [1.807, 2.05) is 0 Å². The lowest BCUT2D eigenvalue weighted by molar-refractivity contribution is -0.137. The van der Waals surface area contributed by atoms with Crippen LogP contribution in [0.25, 0.3) is 21.8 Å². The maximum absolute atomic E-state index is 15.4. The average molecular weight is 527 g/mol. The summed E-state index contributed by atoms with van der Waals surface area (Å²) in [4.78, 5) is 19.7. The maximum atomic E-state index is 15.4. The van der Waals surface area contributed by atoms with Crippen molar-refractivity contribution in [2.24, 2.45) is 7.05 Å². The van der Waals surface area contributed by atoms with Crippen molar-refractivity contribution in [3.8, 4) is 0 Å². The van der Waals surface area contributed by atoms with Crippen LogP contribution < -0.4 is 10.6 Å². The molecule has 0 bridgehead atoms. The molecule has 37 heavy (non-hydrogen) atoms. The van der Waals surface area contributed by atoms with E-state index in [1.54, 1.807) is 23.3 Å². The van der Waals surface area contributed by atoms with Gasteiger partial charge in [0.25, 0.3) is 5.91 Å². The van der Waals surface area contributed by atoms with Crippen LogP contribution in [0.5, 0.6) is 0 Å². The molecule has 0 fully saturated rings. The zero-order chi connectivity index (χ0) is 26.1. The molecular weight excluding hydrogens is 508 g/mol. The number of benzene rings is 2. The summed E-state index contributed by atoms with van der Waals surface area (Å²) in [6.07, 6.45) is -0.689. The molecule has 0 radical (unpaired) electrons. The van der Waals surface area contributed by atoms with Crippen molar-refractivity contribution < 1.29 is 22.4 Å². The van der Waals surface area contributed by atoms with E-state index in [4.69, 9.17) is 5.73 Å². The first kappa shape index (κ1) is 23.3. The van der Waals surface area contributed by atoms with Crippen LogP contribution in [0, 0.1) is 5.82 Å². The van der Waals surface area contributed by atoms with Gasteiger partial charge in [0, 0.05) is 23.9 Å². The van der Waals surface area contributed by atoms with Gasteiger partial charge in [-0.15, -0.1) is 0 Å². The minimum Gasteiger partial charge on any atom is -0.383 e. The first-order valence-electron chi connectivity index (χ1n) is 11.3. The number of hydrogen-bond acceptors (Lipinski definition) is 6. The normalized spacial score (nSPS) is 15.4. The summed E-state index contributed by atoms with van der Waals surface area (Å²) in [6, 6.07) is 5.54. The number of hydrogen-bond donors (Lipinski definition) is 1. The SMILES string of the molecule is Cn1ncc2c(N)nc3cc(F)c(C(=O)N(c4cnsc4)[C@@H]4CCc5cc(C(F)(F)F)ccc54)cc3c21. The second-order valence-corrected chi connectivity index (χ2v) is 9.56. The molecule has 2 aromatic carbocycles. The Bertz CT molecular complexity index is 1700. The molecule has 0 saturated carbocycles. The second-order valence-electron chi connectivity index (χ2n) is 8.90. The van der Waals surface area contributed by atoms with Crippen LogP contribution in [-0.2, 0) is 19.6 Å². The van der Waals surface area contributed by atoms with Crippen molar-refractivity contribution >= 4 is 50.8 Å². The van der Waals surface area contributed by atoms with Gasteiger partial charge < -0.3 is 5.73 Å². The van der Waals surface area contributed by atoms with E-state index < -0.39 is 29.5 Å². The number of carbonyl (C=O) groups excluding carboxylic acids is 1. The molecule has 2 N–H and O–H groups in total. The fourth-order valence-corrected chi connectivity index (χ4v) is 5.58. The Morgan fingerprint density at radius 2 is 2.00 bits per heavy atom. The molecular formula is C25H18F4N6OS. The average Bonchev–Trinajstić information content (AvgIpc) is 3.60. The highest BCUT2D eigenvalue weighted by Crippen LogP contribution is 2.42. The minimum atomic E-state index is -4.47. The topological polar surface area (TPSA) is 89.9 Å². The van der Waals surface area contributed by atoms with Crippen molar-refractivity contribution in [2.45, 2.75) is 25.1 Å². The molecule has 5 aromatic rings. The predicted molar refractivity (Wildman–Crippen MR) is 132 cm³/mol. The maximum Gasteiger partial charge on any atom is 0.416 e. The molecule has 188 valence electrons. The van der Waals surface area contributed by atoms with E-state index in [1.165, 1.54) is 23.2 Å². The van der Waals surface area contributed by atoms with Crippen LogP contribution in [0.15, 0.2) is 48.1 Å². The molecule has 7 nitrogen and oxygen atoms in total. The first-order valence-corrected chi connectivity index (χ1v) is 12.1. The number of aryl methyl sites for hydroxylation is 2. The Hall–Kier alpha value is -4.06. The zero-order valence-electron chi connectivity index (χ0n) is 19.3. The molecule has 3 aromatic heterocycles. The highest BCUT2D eigenvalue weighted by atomic mass is 32.1. The van der Waals surface area contributed by atoms with Crippen LogP contribution in [0.3, 0.4) is 0 Å². The van der Waals surface area contributed by atoms with Gasteiger partial charge in [-0.25, -0.2) is 9.37 Å². The molecule has 12 heteroatoms. The largest absolute Gasteiger partial charge is 0.416 e. The van der Waals surface area contributed by atoms with Gasteiger partial charge in [0.05, 0.1) is 51.7 Å². The van der Waals surface area contributed by atoms with Crippen molar-refractivity contribution in [1.29, 1.82) is 0 Å². The first-order chi connectivity index (χ1) is 17.6. The number of aromatic nitrogens is 4. The number of alkyl halides is 3. The van der Waals surface area contributed by atoms with Crippen LogP contribution in [0.2, 0.25) is 0 Å². The number of rotatable bonds is 3. The molecule has 0 saturated heterocycles.